The number of nitrogens with two attached hydrogens (primary N) is 1. The van der Waals surface area contributed by atoms with Gasteiger partial charge in [0.2, 0.25) is 0 Å². The van der Waals surface area contributed by atoms with Gasteiger partial charge in [0.15, 0.2) is 5.13 Å². The van der Waals surface area contributed by atoms with Crippen molar-refractivity contribution in [2.45, 2.75) is 31.1 Å². The molecule has 3 N–H and O–H groups in total. The molecule has 0 aliphatic heterocycles. The van der Waals surface area contributed by atoms with Gasteiger partial charge in [0, 0.05) is 21.0 Å². The van der Waals surface area contributed by atoms with E-state index < -0.39 is 10.0 Å². The first kappa shape index (κ1) is 16.3. The number of nitrogens with one attached hydrogen (secondary N) is 1. The van der Waals surface area contributed by atoms with Crippen LogP contribution in [0.4, 0.5) is 10.8 Å². The predicted molar refractivity (Wildman–Crippen MR) is 90.2 cm³/mol. The highest BCUT2D eigenvalue weighted by atomic mass is 79.9. The zero-order valence-corrected chi connectivity index (χ0v) is 15.1. The predicted octanol–water partition coefficient (Wildman–Crippen LogP) is 3.59. The molecule has 1 aromatic heterocycles. The number of halogens is 1. The van der Waals surface area contributed by atoms with Gasteiger partial charge in [-0.05, 0) is 34.1 Å². The zero-order chi connectivity index (χ0) is 15.8. The molecule has 21 heavy (non-hydrogen) atoms. The maximum absolute atomic E-state index is 12.4. The van der Waals surface area contributed by atoms with Gasteiger partial charge < -0.3 is 5.73 Å². The average molecular weight is 390 g/mol. The lowest BCUT2D eigenvalue weighted by Gasteiger charge is -2.14. The first-order valence-electron chi connectivity index (χ1n) is 6.13. The topological polar surface area (TPSA) is 85.1 Å². The minimum absolute atomic E-state index is 0.0926. The van der Waals surface area contributed by atoms with Crippen molar-refractivity contribution in [1.82, 2.24) is 4.98 Å². The molecule has 0 spiro atoms. The third-order valence-corrected chi connectivity index (χ3v) is 5.96. The molecule has 2 rings (SSSR count). The summed E-state index contributed by atoms with van der Waals surface area (Å²) in [6, 6.07) is 4.64. The Morgan fingerprint density at radius 3 is 2.57 bits per heavy atom. The molecule has 0 bridgehead atoms. The molecule has 0 amide bonds. The van der Waals surface area contributed by atoms with Crippen LogP contribution in [0, 0.1) is 0 Å². The minimum Gasteiger partial charge on any atom is -0.399 e. The maximum atomic E-state index is 12.4. The number of aromatic nitrogens is 1. The molecular weight excluding hydrogens is 374 g/mol. The summed E-state index contributed by atoms with van der Waals surface area (Å²) in [5, 5.41) is 2.20. The fourth-order valence-electron chi connectivity index (χ4n) is 1.56. The van der Waals surface area contributed by atoms with Crippen LogP contribution in [-0.2, 0) is 15.4 Å². The molecule has 0 fully saturated rings. The van der Waals surface area contributed by atoms with E-state index in [2.05, 4.69) is 25.6 Å². The first-order chi connectivity index (χ1) is 9.59. The van der Waals surface area contributed by atoms with Crippen LogP contribution in [0.5, 0.6) is 0 Å². The molecule has 0 aliphatic rings. The maximum Gasteiger partial charge on any atom is 0.264 e. The second-order valence-corrected chi connectivity index (χ2v) is 8.95. The third kappa shape index (κ3) is 3.75. The van der Waals surface area contributed by atoms with Crippen LogP contribution in [0.3, 0.4) is 0 Å². The molecular formula is C13H16BrN3O2S2. The molecule has 8 heteroatoms. The van der Waals surface area contributed by atoms with Gasteiger partial charge in [0.25, 0.3) is 10.0 Å². The summed E-state index contributed by atoms with van der Waals surface area (Å²) < 4.78 is 27.8. The molecule has 0 unspecified atom stereocenters. The van der Waals surface area contributed by atoms with Gasteiger partial charge in [-0.25, -0.2) is 13.4 Å². The van der Waals surface area contributed by atoms with Crippen molar-refractivity contribution in [3.8, 4) is 0 Å². The summed E-state index contributed by atoms with van der Waals surface area (Å²) in [7, 11) is -3.73. The van der Waals surface area contributed by atoms with Gasteiger partial charge in [-0.1, -0.05) is 20.8 Å². The lowest BCUT2D eigenvalue weighted by Crippen LogP contribution is -2.15. The lowest BCUT2D eigenvalue weighted by atomic mass is 9.93. The summed E-state index contributed by atoms with van der Waals surface area (Å²) in [4.78, 5) is 4.42. The number of rotatable bonds is 3. The third-order valence-electron chi connectivity index (χ3n) is 2.74. The van der Waals surface area contributed by atoms with Crippen LogP contribution in [0.1, 0.15) is 26.5 Å². The highest BCUT2D eigenvalue weighted by molar-refractivity contribution is 9.10. The second kappa shape index (κ2) is 5.58. The summed E-state index contributed by atoms with van der Waals surface area (Å²) in [6.07, 6.45) is 0. The smallest absolute Gasteiger partial charge is 0.264 e. The van der Waals surface area contributed by atoms with Crippen molar-refractivity contribution in [1.29, 1.82) is 0 Å². The summed E-state index contributed by atoms with van der Waals surface area (Å²) in [5.41, 5.74) is 6.75. The van der Waals surface area contributed by atoms with Gasteiger partial charge in [-0.2, -0.15) is 0 Å². The highest BCUT2D eigenvalue weighted by Gasteiger charge is 2.22. The molecule has 0 radical (unpaired) electrons. The molecule has 1 aromatic carbocycles. The summed E-state index contributed by atoms with van der Waals surface area (Å²) >= 11 is 4.48. The zero-order valence-electron chi connectivity index (χ0n) is 11.8. The molecule has 0 atom stereocenters. The fourth-order valence-corrected chi connectivity index (χ4v) is 4.75. The summed E-state index contributed by atoms with van der Waals surface area (Å²) in [5.74, 6) is 0. The van der Waals surface area contributed by atoms with E-state index in [1.807, 2.05) is 26.2 Å². The number of hydrogen-bond acceptors (Lipinski definition) is 5. The van der Waals surface area contributed by atoms with Crippen molar-refractivity contribution >= 4 is 48.1 Å². The number of nitrogen functional groups attached to an aromatic ring is 1. The van der Waals surface area contributed by atoms with Crippen molar-refractivity contribution in [2.75, 3.05) is 10.5 Å². The molecule has 0 aliphatic carbocycles. The molecule has 1 heterocycles. The van der Waals surface area contributed by atoms with Crippen LogP contribution < -0.4 is 10.5 Å². The lowest BCUT2D eigenvalue weighted by molar-refractivity contribution is 0.573. The number of hydrogen-bond donors (Lipinski definition) is 2. The van der Waals surface area contributed by atoms with Crippen LogP contribution in [0.15, 0.2) is 32.9 Å². The standard InChI is InChI=1S/C13H16BrN3O2S2/c1-13(2,3)11-7-20-12(16-11)17-21(18,19)10-6-8(15)4-5-9(10)14/h4-7H,15H2,1-3H3,(H,16,17). The molecule has 0 saturated heterocycles. The van der Waals surface area contributed by atoms with Gasteiger partial charge in [0.1, 0.15) is 4.90 Å². The fraction of sp³-hybridized carbons (Fsp3) is 0.308. The minimum atomic E-state index is -3.73. The van der Waals surface area contributed by atoms with Crippen molar-refractivity contribution in [3.63, 3.8) is 0 Å². The normalized spacial score (nSPS) is 12.4. The monoisotopic (exact) mass is 389 g/mol. The Morgan fingerprint density at radius 2 is 2.00 bits per heavy atom. The van der Waals surface area contributed by atoms with Crippen LogP contribution >= 0.6 is 27.3 Å². The number of thiazole rings is 1. The van der Waals surface area contributed by atoms with E-state index in [9.17, 15) is 8.42 Å². The Bertz CT molecular complexity index is 764. The number of anilines is 2. The van der Waals surface area contributed by atoms with E-state index in [0.29, 0.717) is 15.3 Å². The van der Waals surface area contributed by atoms with E-state index in [1.165, 1.54) is 17.4 Å². The Kier molecular flexibility index (Phi) is 4.32. The molecule has 114 valence electrons. The molecule has 2 aromatic rings. The number of benzene rings is 1. The van der Waals surface area contributed by atoms with Crippen LogP contribution in [-0.4, -0.2) is 13.4 Å². The van der Waals surface area contributed by atoms with E-state index in [0.717, 1.165) is 5.69 Å². The Hall–Kier alpha value is -1.12. The molecule has 5 nitrogen and oxygen atoms in total. The largest absolute Gasteiger partial charge is 0.399 e. The number of sulfonamides is 1. The Balaban J connectivity index is 2.34. The summed E-state index contributed by atoms with van der Waals surface area (Å²) in [6.45, 7) is 6.07. The Labute approximate surface area is 136 Å². The highest BCUT2D eigenvalue weighted by Crippen LogP contribution is 2.30. The van der Waals surface area contributed by atoms with Crippen molar-refractivity contribution < 1.29 is 8.42 Å². The van der Waals surface area contributed by atoms with Gasteiger partial charge >= 0.3 is 0 Å². The van der Waals surface area contributed by atoms with Crippen molar-refractivity contribution in [3.05, 3.63) is 33.7 Å². The van der Waals surface area contributed by atoms with Crippen LogP contribution in [0.25, 0.3) is 0 Å². The van der Waals surface area contributed by atoms with Gasteiger partial charge in [-0.3, -0.25) is 4.72 Å². The van der Waals surface area contributed by atoms with E-state index in [4.69, 9.17) is 5.73 Å². The first-order valence-corrected chi connectivity index (χ1v) is 9.29. The number of nitrogens with zero attached hydrogens (tertiary/aromatic N) is 1. The van der Waals surface area contributed by atoms with E-state index >= 15 is 0 Å². The van der Waals surface area contributed by atoms with Crippen LogP contribution in [0.2, 0.25) is 0 Å². The molecule has 0 saturated carbocycles. The van der Waals surface area contributed by atoms with E-state index in [1.54, 1.807) is 12.1 Å². The van der Waals surface area contributed by atoms with E-state index in [-0.39, 0.29) is 10.3 Å². The average Bonchev–Trinajstić information content (AvgIpc) is 2.79. The quantitative estimate of drug-likeness (QED) is 0.785. The van der Waals surface area contributed by atoms with Crippen molar-refractivity contribution in [2.24, 2.45) is 0 Å². The second-order valence-electron chi connectivity index (χ2n) is 5.58. The van der Waals surface area contributed by atoms with Gasteiger partial charge in [-0.15, -0.1) is 11.3 Å². The SMILES string of the molecule is CC(C)(C)c1csc(NS(=O)(=O)c2cc(N)ccc2Br)n1. The van der Waals surface area contributed by atoms with Gasteiger partial charge in [0.05, 0.1) is 5.69 Å². The Morgan fingerprint density at radius 1 is 1.33 bits per heavy atom.